The van der Waals surface area contributed by atoms with Crippen molar-refractivity contribution in [1.29, 1.82) is 0 Å². The van der Waals surface area contributed by atoms with Crippen LogP contribution in [-0.4, -0.2) is 10.5 Å². The van der Waals surface area contributed by atoms with Gasteiger partial charge >= 0.3 is 0 Å². The minimum absolute atomic E-state index is 0.367. The minimum atomic E-state index is -0.367. The van der Waals surface area contributed by atoms with Gasteiger partial charge in [-0.25, -0.2) is 0 Å². The molecule has 0 spiro atoms. The molecule has 1 heterocycles. The van der Waals surface area contributed by atoms with E-state index in [0.29, 0.717) is 5.56 Å². The van der Waals surface area contributed by atoms with E-state index in [2.05, 4.69) is 42.7 Å². The van der Waals surface area contributed by atoms with E-state index in [0.717, 1.165) is 35.5 Å². The van der Waals surface area contributed by atoms with Crippen molar-refractivity contribution in [1.82, 2.24) is 4.57 Å². The first kappa shape index (κ1) is 17.0. The molecule has 2 N–H and O–H groups in total. The number of hydrogen-bond donors (Lipinski definition) is 1. The molecule has 0 aliphatic heterocycles. The van der Waals surface area contributed by atoms with E-state index in [4.69, 9.17) is 5.73 Å². The molecule has 1 amide bonds. The Hall–Kier alpha value is -2.81. The summed E-state index contributed by atoms with van der Waals surface area (Å²) in [7, 11) is 0. The van der Waals surface area contributed by atoms with Crippen LogP contribution in [0.2, 0.25) is 0 Å². The monoisotopic (exact) mass is 332 g/mol. The second-order valence-electron chi connectivity index (χ2n) is 6.44. The molecule has 0 saturated heterocycles. The van der Waals surface area contributed by atoms with Crippen LogP contribution in [0.5, 0.6) is 0 Å². The highest BCUT2D eigenvalue weighted by molar-refractivity contribution is 6.02. The van der Waals surface area contributed by atoms with E-state index in [1.165, 1.54) is 11.1 Å². The summed E-state index contributed by atoms with van der Waals surface area (Å²) in [5.74, 6) is -0.367. The largest absolute Gasteiger partial charge is 0.366 e. The summed E-state index contributed by atoms with van der Waals surface area (Å²) >= 11 is 0. The zero-order chi connectivity index (χ0) is 18.0. The highest BCUT2D eigenvalue weighted by atomic mass is 16.1. The summed E-state index contributed by atoms with van der Waals surface area (Å²) in [5.41, 5.74) is 13.0. The van der Waals surface area contributed by atoms with Crippen molar-refractivity contribution in [2.24, 2.45) is 5.73 Å². The normalized spacial score (nSPS) is 10.8. The molecular formula is C22H24N2O. The van der Waals surface area contributed by atoms with Gasteiger partial charge in [0.15, 0.2) is 0 Å². The van der Waals surface area contributed by atoms with Crippen LogP contribution in [0.4, 0.5) is 0 Å². The zero-order valence-electron chi connectivity index (χ0n) is 15.0. The van der Waals surface area contributed by atoms with E-state index in [-0.39, 0.29) is 5.91 Å². The lowest BCUT2D eigenvalue weighted by Gasteiger charge is -2.12. The highest BCUT2D eigenvalue weighted by Crippen LogP contribution is 2.33. The van der Waals surface area contributed by atoms with Crippen LogP contribution in [0.1, 0.15) is 39.8 Å². The SMILES string of the molecule is CCc1c(-c2ccccc2)c(C(N)=O)c(C)n1Cc1cccc(C)c1. The Balaban J connectivity index is 2.21. The molecule has 3 heteroatoms. The molecule has 1 aromatic heterocycles. The summed E-state index contributed by atoms with van der Waals surface area (Å²) in [6.07, 6.45) is 0.837. The number of aryl methyl sites for hydroxylation is 1. The maximum atomic E-state index is 12.2. The second kappa shape index (κ2) is 6.98. The van der Waals surface area contributed by atoms with Crippen molar-refractivity contribution in [3.8, 4) is 11.1 Å². The Kier molecular flexibility index (Phi) is 4.75. The predicted octanol–water partition coefficient (Wildman–Crippen LogP) is 4.48. The van der Waals surface area contributed by atoms with Crippen LogP contribution >= 0.6 is 0 Å². The summed E-state index contributed by atoms with van der Waals surface area (Å²) in [6.45, 7) is 6.95. The van der Waals surface area contributed by atoms with Gasteiger partial charge < -0.3 is 10.3 Å². The first-order valence-electron chi connectivity index (χ1n) is 8.65. The number of nitrogens with zero attached hydrogens (tertiary/aromatic N) is 1. The Morgan fingerprint density at radius 3 is 2.36 bits per heavy atom. The van der Waals surface area contributed by atoms with Crippen molar-refractivity contribution in [3.63, 3.8) is 0 Å². The van der Waals surface area contributed by atoms with E-state index in [1.807, 2.05) is 37.3 Å². The van der Waals surface area contributed by atoms with Crippen molar-refractivity contribution >= 4 is 5.91 Å². The Bertz CT molecular complexity index is 907. The van der Waals surface area contributed by atoms with Crippen molar-refractivity contribution in [2.75, 3.05) is 0 Å². The molecule has 128 valence electrons. The van der Waals surface area contributed by atoms with Gasteiger partial charge in [-0.05, 0) is 31.4 Å². The molecule has 3 nitrogen and oxygen atoms in total. The molecule has 2 aromatic carbocycles. The highest BCUT2D eigenvalue weighted by Gasteiger charge is 2.23. The van der Waals surface area contributed by atoms with E-state index >= 15 is 0 Å². The predicted molar refractivity (Wildman–Crippen MR) is 103 cm³/mol. The number of carbonyl (C=O) groups is 1. The number of amides is 1. The third-order valence-electron chi connectivity index (χ3n) is 4.70. The third kappa shape index (κ3) is 3.22. The van der Waals surface area contributed by atoms with Gasteiger partial charge in [-0.15, -0.1) is 0 Å². The fraction of sp³-hybridized carbons (Fsp3) is 0.227. The standard InChI is InChI=1S/C22H24N2O/c1-4-19-21(18-11-6-5-7-12-18)20(22(23)25)16(3)24(19)14-17-10-8-9-15(2)13-17/h5-13H,4,14H2,1-3H3,(H2,23,25). The van der Waals surface area contributed by atoms with Gasteiger partial charge in [-0.1, -0.05) is 67.1 Å². The molecule has 0 radical (unpaired) electrons. The minimum Gasteiger partial charge on any atom is -0.366 e. The van der Waals surface area contributed by atoms with Crippen LogP contribution in [-0.2, 0) is 13.0 Å². The number of hydrogen-bond acceptors (Lipinski definition) is 1. The second-order valence-corrected chi connectivity index (χ2v) is 6.44. The summed E-state index contributed by atoms with van der Waals surface area (Å²) in [5, 5.41) is 0. The lowest BCUT2D eigenvalue weighted by atomic mass is 9.99. The quantitative estimate of drug-likeness (QED) is 0.735. The van der Waals surface area contributed by atoms with Gasteiger partial charge in [-0.3, -0.25) is 4.79 Å². The van der Waals surface area contributed by atoms with E-state index < -0.39 is 0 Å². The topological polar surface area (TPSA) is 48.0 Å². The fourth-order valence-electron chi connectivity index (χ4n) is 3.59. The smallest absolute Gasteiger partial charge is 0.251 e. The van der Waals surface area contributed by atoms with Crippen LogP contribution in [0.3, 0.4) is 0 Å². The Morgan fingerprint density at radius 1 is 1.04 bits per heavy atom. The van der Waals surface area contributed by atoms with Gasteiger partial charge in [0.05, 0.1) is 5.56 Å². The first-order valence-corrected chi connectivity index (χ1v) is 8.65. The summed E-state index contributed by atoms with van der Waals surface area (Å²) in [6, 6.07) is 18.5. The fourth-order valence-corrected chi connectivity index (χ4v) is 3.59. The Labute approximate surface area is 149 Å². The Morgan fingerprint density at radius 2 is 1.76 bits per heavy atom. The molecule has 0 saturated carbocycles. The summed E-state index contributed by atoms with van der Waals surface area (Å²) in [4.78, 5) is 12.2. The van der Waals surface area contributed by atoms with E-state index in [1.54, 1.807) is 0 Å². The average molecular weight is 332 g/mol. The van der Waals surface area contributed by atoms with Crippen LogP contribution in [0.25, 0.3) is 11.1 Å². The number of rotatable bonds is 5. The molecule has 0 unspecified atom stereocenters. The average Bonchev–Trinajstić information content (AvgIpc) is 2.88. The zero-order valence-corrected chi connectivity index (χ0v) is 15.0. The van der Waals surface area contributed by atoms with Crippen LogP contribution < -0.4 is 5.73 Å². The van der Waals surface area contributed by atoms with Crippen LogP contribution in [0, 0.1) is 13.8 Å². The van der Waals surface area contributed by atoms with Gasteiger partial charge in [-0.2, -0.15) is 0 Å². The molecule has 0 atom stereocenters. The molecule has 3 rings (SSSR count). The molecule has 25 heavy (non-hydrogen) atoms. The van der Waals surface area contributed by atoms with Gasteiger partial charge in [0.2, 0.25) is 0 Å². The maximum absolute atomic E-state index is 12.2. The lowest BCUT2D eigenvalue weighted by Crippen LogP contribution is -2.13. The maximum Gasteiger partial charge on any atom is 0.251 e. The number of aromatic nitrogens is 1. The molecule has 0 fully saturated rings. The van der Waals surface area contributed by atoms with Gasteiger partial charge in [0, 0.05) is 23.5 Å². The lowest BCUT2D eigenvalue weighted by molar-refractivity contribution is 0.1000. The van der Waals surface area contributed by atoms with Crippen molar-refractivity contribution < 1.29 is 4.79 Å². The van der Waals surface area contributed by atoms with Crippen molar-refractivity contribution in [2.45, 2.75) is 33.7 Å². The number of nitrogens with two attached hydrogens (primary N) is 1. The van der Waals surface area contributed by atoms with E-state index in [9.17, 15) is 4.79 Å². The van der Waals surface area contributed by atoms with Gasteiger partial charge in [0.25, 0.3) is 5.91 Å². The molecule has 0 aliphatic rings. The molecule has 3 aromatic rings. The van der Waals surface area contributed by atoms with Gasteiger partial charge in [0.1, 0.15) is 0 Å². The molecule has 0 bridgehead atoms. The summed E-state index contributed by atoms with van der Waals surface area (Å²) < 4.78 is 2.23. The first-order chi connectivity index (χ1) is 12.0. The number of primary amides is 1. The van der Waals surface area contributed by atoms with Crippen LogP contribution in [0.15, 0.2) is 54.6 Å². The number of carbonyl (C=O) groups excluding carboxylic acids is 1. The molecule has 0 aliphatic carbocycles. The number of benzene rings is 2. The molecular weight excluding hydrogens is 308 g/mol. The van der Waals surface area contributed by atoms with Crippen molar-refractivity contribution in [3.05, 3.63) is 82.7 Å². The third-order valence-corrected chi connectivity index (χ3v) is 4.70.